The second kappa shape index (κ2) is 4.62. The number of anilines is 1. The number of benzene rings is 1. The van der Waals surface area contributed by atoms with Crippen molar-refractivity contribution in [3.05, 3.63) is 37.9 Å². The van der Waals surface area contributed by atoms with Crippen LogP contribution >= 0.6 is 0 Å². The van der Waals surface area contributed by atoms with Gasteiger partial charge in [0.05, 0.1) is 15.4 Å². The molecular formula is C10H8F3N3O4. The van der Waals surface area contributed by atoms with Crippen LogP contribution in [0.15, 0.2) is 12.1 Å². The van der Waals surface area contributed by atoms with Gasteiger partial charge in [0.2, 0.25) is 0 Å². The van der Waals surface area contributed by atoms with Crippen LogP contribution in [0.25, 0.3) is 0 Å². The average Bonchev–Trinajstić information content (AvgIpc) is 3.10. The van der Waals surface area contributed by atoms with E-state index in [1.54, 1.807) is 0 Å². The summed E-state index contributed by atoms with van der Waals surface area (Å²) in [5, 5.41) is 24.3. The second-order valence-electron chi connectivity index (χ2n) is 4.32. The summed E-state index contributed by atoms with van der Waals surface area (Å²) in [5.74, 6) is 0. The van der Waals surface area contributed by atoms with Crippen LogP contribution in [-0.4, -0.2) is 15.9 Å². The molecule has 0 radical (unpaired) electrons. The van der Waals surface area contributed by atoms with E-state index < -0.39 is 38.6 Å². The molecule has 0 aromatic heterocycles. The Bertz CT molecular complexity index is 549. The van der Waals surface area contributed by atoms with E-state index in [1.165, 1.54) is 0 Å². The first-order valence-electron chi connectivity index (χ1n) is 5.50. The number of hydrogen-bond acceptors (Lipinski definition) is 5. The molecule has 20 heavy (non-hydrogen) atoms. The molecule has 0 amide bonds. The Morgan fingerprint density at radius 3 is 1.85 bits per heavy atom. The van der Waals surface area contributed by atoms with E-state index in [-0.39, 0.29) is 6.04 Å². The summed E-state index contributed by atoms with van der Waals surface area (Å²) < 4.78 is 37.8. The zero-order valence-electron chi connectivity index (χ0n) is 9.81. The van der Waals surface area contributed by atoms with E-state index in [0.717, 1.165) is 0 Å². The Balaban J connectivity index is 2.63. The van der Waals surface area contributed by atoms with E-state index in [1.807, 2.05) is 0 Å². The number of alkyl halides is 3. The molecule has 0 unspecified atom stereocenters. The van der Waals surface area contributed by atoms with Gasteiger partial charge >= 0.3 is 6.18 Å². The highest BCUT2D eigenvalue weighted by molar-refractivity contribution is 5.75. The summed E-state index contributed by atoms with van der Waals surface area (Å²) in [6.07, 6.45) is -3.57. The molecule has 1 saturated carbocycles. The van der Waals surface area contributed by atoms with E-state index in [9.17, 15) is 33.4 Å². The molecule has 0 atom stereocenters. The van der Waals surface area contributed by atoms with Crippen molar-refractivity contribution >= 4 is 17.1 Å². The predicted molar refractivity (Wildman–Crippen MR) is 61.4 cm³/mol. The van der Waals surface area contributed by atoms with Crippen LogP contribution in [0.5, 0.6) is 0 Å². The molecule has 1 aliphatic carbocycles. The largest absolute Gasteiger partial charge is 0.416 e. The molecule has 10 heteroatoms. The normalized spacial score (nSPS) is 14.9. The monoisotopic (exact) mass is 291 g/mol. The van der Waals surface area contributed by atoms with E-state index in [2.05, 4.69) is 5.32 Å². The summed E-state index contributed by atoms with van der Waals surface area (Å²) in [6.45, 7) is 0. The van der Waals surface area contributed by atoms with Crippen molar-refractivity contribution in [2.24, 2.45) is 0 Å². The minimum atomic E-state index is -4.90. The molecular weight excluding hydrogens is 283 g/mol. The first kappa shape index (κ1) is 14.0. The van der Waals surface area contributed by atoms with Crippen molar-refractivity contribution in [2.45, 2.75) is 25.1 Å². The van der Waals surface area contributed by atoms with Gasteiger partial charge in [-0.3, -0.25) is 20.2 Å². The Hall–Kier alpha value is -2.39. The SMILES string of the molecule is O=[N+]([O-])c1cc(C(F)(F)F)cc([N+](=O)[O-])c1NC1CC1. The molecule has 7 nitrogen and oxygen atoms in total. The number of nitro groups is 2. The van der Waals surface area contributed by atoms with Gasteiger partial charge in [-0.05, 0) is 12.8 Å². The van der Waals surface area contributed by atoms with E-state index >= 15 is 0 Å². The minimum absolute atomic E-state index is 0.177. The Kier molecular flexibility index (Phi) is 3.24. The first-order chi connectivity index (χ1) is 9.20. The van der Waals surface area contributed by atoms with E-state index in [0.29, 0.717) is 25.0 Å². The molecule has 1 aliphatic rings. The number of hydrogen-bond donors (Lipinski definition) is 1. The summed E-state index contributed by atoms with van der Waals surface area (Å²) in [6, 6.07) is 0.430. The van der Waals surface area contributed by atoms with Crippen LogP contribution in [0.2, 0.25) is 0 Å². The van der Waals surface area contributed by atoms with Crippen molar-refractivity contribution in [1.29, 1.82) is 0 Å². The fraction of sp³-hybridized carbons (Fsp3) is 0.400. The number of nitro benzene ring substituents is 2. The lowest BCUT2D eigenvalue weighted by Gasteiger charge is -2.10. The third-order valence-corrected chi connectivity index (χ3v) is 2.74. The molecule has 0 saturated heterocycles. The molecule has 2 rings (SSSR count). The van der Waals surface area contributed by atoms with Gasteiger partial charge in [0.1, 0.15) is 0 Å². The zero-order chi connectivity index (χ0) is 15.1. The van der Waals surface area contributed by atoms with Gasteiger partial charge in [0.25, 0.3) is 11.4 Å². The van der Waals surface area contributed by atoms with Gasteiger partial charge in [-0.2, -0.15) is 13.2 Å². The van der Waals surface area contributed by atoms with Crippen LogP contribution in [0.1, 0.15) is 18.4 Å². The standard InChI is InChI=1S/C10H8F3N3O4/c11-10(12,13)5-3-7(15(17)18)9(14-6-1-2-6)8(4-5)16(19)20/h3-4,6,14H,1-2H2. The van der Waals surface area contributed by atoms with Gasteiger partial charge < -0.3 is 5.32 Å². The number of halogens is 3. The maximum Gasteiger partial charge on any atom is 0.416 e. The highest BCUT2D eigenvalue weighted by Crippen LogP contribution is 2.42. The topological polar surface area (TPSA) is 98.3 Å². The number of nitrogens with zero attached hydrogens (tertiary/aromatic N) is 2. The lowest BCUT2D eigenvalue weighted by molar-refractivity contribution is -0.392. The number of rotatable bonds is 4. The molecule has 1 fully saturated rings. The Morgan fingerprint density at radius 1 is 1.10 bits per heavy atom. The maximum atomic E-state index is 12.6. The van der Waals surface area contributed by atoms with E-state index in [4.69, 9.17) is 0 Å². The summed E-state index contributed by atoms with van der Waals surface area (Å²) in [5.41, 5.74) is -3.79. The Labute approximate surface area is 109 Å². The molecule has 108 valence electrons. The van der Waals surface area contributed by atoms with Crippen LogP contribution < -0.4 is 5.32 Å². The molecule has 1 aromatic carbocycles. The molecule has 1 N–H and O–H groups in total. The Morgan fingerprint density at radius 2 is 1.55 bits per heavy atom. The molecule has 0 spiro atoms. The van der Waals surface area contributed by atoms with Crippen molar-refractivity contribution in [2.75, 3.05) is 5.32 Å². The average molecular weight is 291 g/mol. The smallest absolute Gasteiger partial charge is 0.371 e. The van der Waals surface area contributed by atoms with Crippen LogP contribution in [0, 0.1) is 20.2 Å². The maximum absolute atomic E-state index is 12.6. The molecule has 0 aliphatic heterocycles. The van der Waals surface area contributed by atoms with Crippen molar-refractivity contribution in [3.63, 3.8) is 0 Å². The van der Waals surface area contributed by atoms with Gasteiger partial charge in [0, 0.05) is 18.2 Å². The fourth-order valence-electron chi connectivity index (χ4n) is 1.64. The van der Waals surface area contributed by atoms with Crippen LogP contribution in [-0.2, 0) is 6.18 Å². The minimum Gasteiger partial charge on any atom is -0.371 e. The highest BCUT2D eigenvalue weighted by atomic mass is 19.4. The summed E-state index contributed by atoms with van der Waals surface area (Å²) in [4.78, 5) is 19.6. The lowest BCUT2D eigenvalue weighted by Crippen LogP contribution is -2.11. The van der Waals surface area contributed by atoms with Crippen molar-refractivity contribution in [1.82, 2.24) is 0 Å². The third-order valence-electron chi connectivity index (χ3n) is 2.74. The van der Waals surface area contributed by atoms with Crippen LogP contribution in [0.3, 0.4) is 0 Å². The lowest BCUT2D eigenvalue weighted by atomic mass is 10.1. The van der Waals surface area contributed by atoms with Gasteiger partial charge in [0.15, 0.2) is 5.69 Å². The highest BCUT2D eigenvalue weighted by Gasteiger charge is 2.38. The third kappa shape index (κ3) is 2.78. The summed E-state index contributed by atoms with van der Waals surface area (Å²) >= 11 is 0. The molecule has 0 bridgehead atoms. The first-order valence-corrected chi connectivity index (χ1v) is 5.50. The predicted octanol–water partition coefficient (Wildman–Crippen LogP) is 3.10. The van der Waals surface area contributed by atoms with Gasteiger partial charge in [-0.25, -0.2) is 0 Å². The van der Waals surface area contributed by atoms with Gasteiger partial charge in [-0.1, -0.05) is 0 Å². The zero-order valence-corrected chi connectivity index (χ0v) is 9.81. The van der Waals surface area contributed by atoms with Crippen LogP contribution in [0.4, 0.5) is 30.2 Å². The van der Waals surface area contributed by atoms with Crippen molar-refractivity contribution in [3.8, 4) is 0 Å². The quantitative estimate of drug-likeness (QED) is 0.678. The van der Waals surface area contributed by atoms with Gasteiger partial charge in [-0.15, -0.1) is 0 Å². The molecule has 0 heterocycles. The molecule has 1 aromatic rings. The fourth-order valence-corrected chi connectivity index (χ4v) is 1.64. The summed E-state index contributed by atoms with van der Waals surface area (Å²) in [7, 11) is 0. The van der Waals surface area contributed by atoms with Crippen molar-refractivity contribution < 1.29 is 23.0 Å². The second-order valence-corrected chi connectivity index (χ2v) is 4.32. The number of nitrogens with one attached hydrogen (secondary N) is 1.